The molecule has 0 bridgehead atoms. The summed E-state index contributed by atoms with van der Waals surface area (Å²) in [5.41, 5.74) is 3.99. The summed E-state index contributed by atoms with van der Waals surface area (Å²) in [4.78, 5) is 12.3. The lowest BCUT2D eigenvalue weighted by atomic mass is 10.1. The van der Waals surface area contributed by atoms with Gasteiger partial charge in [-0.05, 0) is 50.1 Å². The summed E-state index contributed by atoms with van der Waals surface area (Å²) >= 11 is 3.38. The van der Waals surface area contributed by atoms with E-state index in [2.05, 4.69) is 32.7 Å². The van der Waals surface area contributed by atoms with E-state index in [1.54, 1.807) is 0 Å². The van der Waals surface area contributed by atoms with Crippen LogP contribution >= 0.6 is 15.9 Å². The summed E-state index contributed by atoms with van der Waals surface area (Å²) in [5, 5.41) is 2.96. The third-order valence-electron chi connectivity index (χ3n) is 3.56. The topological polar surface area (TPSA) is 34.0 Å². The van der Waals surface area contributed by atoms with Gasteiger partial charge in [-0.2, -0.15) is 0 Å². The number of aromatic nitrogens is 1. The number of rotatable bonds is 2. The number of hydrogen-bond donors (Lipinski definition) is 1. The second-order valence-electron chi connectivity index (χ2n) is 4.86. The van der Waals surface area contributed by atoms with Crippen LogP contribution in [-0.2, 0) is 13.0 Å². The maximum absolute atomic E-state index is 12.3. The van der Waals surface area contributed by atoms with Crippen molar-refractivity contribution in [2.24, 2.45) is 0 Å². The van der Waals surface area contributed by atoms with Gasteiger partial charge in [-0.3, -0.25) is 4.79 Å². The van der Waals surface area contributed by atoms with Crippen LogP contribution in [0.5, 0.6) is 0 Å². The first-order valence-corrected chi connectivity index (χ1v) is 7.20. The average molecular weight is 319 g/mol. The first-order valence-electron chi connectivity index (χ1n) is 6.41. The van der Waals surface area contributed by atoms with Crippen molar-refractivity contribution < 1.29 is 4.79 Å². The molecule has 1 aliphatic heterocycles. The fraction of sp³-hybridized carbons (Fsp3) is 0.267. The van der Waals surface area contributed by atoms with Crippen LogP contribution in [0.2, 0.25) is 0 Å². The van der Waals surface area contributed by atoms with Gasteiger partial charge in [0.15, 0.2) is 0 Å². The number of amides is 1. The quantitative estimate of drug-likeness (QED) is 0.898. The van der Waals surface area contributed by atoms with Crippen molar-refractivity contribution >= 4 is 27.5 Å². The van der Waals surface area contributed by atoms with Crippen molar-refractivity contribution in [3.05, 3.63) is 51.8 Å². The maximum Gasteiger partial charge on any atom is 0.257 e. The molecule has 1 amide bonds. The number of nitrogens with zero attached hydrogens (tertiary/aromatic N) is 1. The van der Waals surface area contributed by atoms with Crippen LogP contribution in [0.3, 0.4) is 0 Å². The van der Waals surface area contributed by atoms with Gasteiger partial charge in [0.2, 0.25) is 0 Å². The number of aryl methyl sites for hydroxylation is 1. The summed E-state index contributed by atoms with van der Waals surface area (Å²) in [6.45, 7) is 3.10. The molecule has 4 heteroatoms. The van der Waals surface area contributed by atoms with E-state index in [0.29, 0.717) is 0 Å². The minimum Gasteiger partial charge on any atom is -0.348 e. The van der Waals surface area contributed by atoms with Crippen molar-refractivity contribution in [3.63, 3.8) is 0 Å². The molecule has 0 unspecified atom stereocenters. The summed E-state index contributed by atoms with van der Waals surface area (Å²) < 4.78 is 3.25. The number of nitrogens with one attached hydrogen (secondary N) is 1. The largest absolute Gasteiger partial charge is 0.348 e. The predicted molar refractivity (Wildman–Crippen MR) is 79.6 cm³/mol. The molecule has 3 rings (SSSR count). The van der Waals surface area contributed by atoms with E-state index < -0.39 is 0 Å². The molecule has 98 valence electrons. The predicted octanol–water partition coefficient (Wildman–Crippen LogP) is 3.76. The molecule has 0 saturated heterocycles. The lowest BCUT2D eigenvalue weighted by Gasteiger charge is -2.05. The van der Waals surface area contributed by atoms with E-state index in [-0.39, 0.29) is 5.91 Å². The van der Waals surface area contributed by atoms with Gasteiger partial charge >= 0.3 is 0 Å². The number of fused-ring (bicyclic) bond motifs is 1. The number of hydrogen-bond acceptors (Lipinski definition) is 1. The van der Waals surface area contributed by atoms with Crippen molar-refractivity contribution in [3.8, 4) is 0 Å². The Hall–Kier alpha value is -1.55. The van der Waals surface area contributed by atoms with Crippen LogP contribution in [0.15, 0.2) is 34.8 Å². The molecule has 0 radical (unpaired) electrons. The SMILES string of the molecule is Cc1cc(C(=O)Nc2ccc(Br)cc2)c2n1CCC2. The molecular formula is C15H15BrN2O. The molecule has 0 atom stereocenters. The van der Waals surface area contributed by atoms with Gasteiger partial charge in [-0.25, -0.2) is 0 Å². The van der Waals surface area contributed by atoms with E-state index in [1.165, 1.54) is 11.4 Å². The molecule has 3 nitrogen and oxygen atoms in total. The number of benzene rings is 1. The smallest absolute Gasteiger partial charge is 0.257 e. The van der Waals surface area contributed by atoms with Crippen molar-refractivity contribution in [1.82, 2.24) is 4.57 Å². The van der Waals surface area contributed by atoms with Crippen LogP contribution in [-0.4, -0.2) is 10.5 Å². The second kappa shape index (κ2) is 4.85. The van der Waals surface area contributed by atoms with Crippen LogP contribution < -0.4 is 5.32 Å². The molecule has 0 fully saturated rings. The molecule has 0 aliphatic carbocycles. The molecule has 0 saturated carbocycles. The Morgan fingerprint density at radius 1 is 1.32 bits per heavy atom. The molecular weight excluding hydrogens is 304 g/mol. The monoisotopic (exact) mass is 318 g/mol. The summed E-state index contributed by atoms with van der Waals surface area (Å²) in [6.07, 6.45) is 2.13. The maximum atomic E-state index is 12.3. The minimum absolute atomic E-state index is 0.0129. The molecule has 1 aromatic heterocycles. The lowest BCUT2D eigenvalue weighted by molar-refractivity contribution is 0.102. The van der Waals surface area contributed by atoms with E-state index >= 15 is 0 Å². The number of anilines is 1. The summed E-state index contributed by atoms with van der Waals surface area (Å²) in [6, 6.07) is 9.62. The van der Waals surface area contributed by atoms with Crippen LogP contribution in [0.25, 0.3) is 0 Å². The Labute approximate surface area is 120 Å². The number of carbonyl (C=O) groups excluding carboxylic acids is 1. The van der Waals surface area contributed by atoms with E-state index in [0.717, 1.165) is 35.1 Å². The Bertz CT molecular complexity index is 628. The summed E-state index contributed by atoms with van der Waals surface area (Å²) in [5.74, 6) is -0.0129. The van der Waals surface area contributed by atoms with E-state index in [9.17, 15) is 4.79 Å². The molecule has 1 N–H and O–H groups in total. The zero-order valence-corrected chi connectivity index (χ0v) is 12.3. The van der Waals surface area contributed by atoms with Gasteiger partial charge in [-0.15, -0.1) is 0 Å². The molecule has 1 aromatic carbocycles. The Morgan fingerprint density at radius 3 is 2.79 bits per heavy atom. The second-order valence-corrected chi connectivity index (χ2v) is 5.78. The first-order chi connectivity index (χ1) is 9.15. The van der Waals surface area contributed by atoms with Crippen LogP contribution in [0.4, 0.5) is 5.69 Å². The van der Waals surface area contributed by atoms with Crippen molar-refractivity contribution in [2.75, 3.05) is 5.32 Å². The fourth-order valence-corrected chi connectivity index (χ4v) is 2.91. The molecule has 0 spiro atoms. The van der Waals surface area contributed by atoms with Gasteiger partial charge in [-0.1, -0.05) is 15.9 Å². The van der Waals surface area contributed by atoms with E-state index in [1.807, 2.05) is 30.3 Å². The zero-order chi connectivity index (χ0) is 13.4. The minimum atomic E-state index is -0.0129. The molecule has 2 aromatic rings. The Balaban J connectivity index is 1.85. The fourth-order valence-electron chi connectivity index (χ4n) is 2.64. The third kappa shape index (κ3) is 2.32. The normalized spacial score (nSPS) is 13.4. The van der Waals surface area contributed by atoms with Gasteiger partial charge < -0.3 is 9.88 Å². The Kier molecular flexibility index (Phi) is 3.19. The van der Waals surface area contributed by atoms with Crippen molar-refractivity contribution in [2.45, 2.75) is 26.3 Å². The first kappa shape index (κ1) is 12.5. The standard InChI is InChI=1S/C15H15BrN2O/c1-10-9-13(14-3-2-8-18(10)14)15(19)17-12-6-4-11(16)5-7-12/h4-7,9H,2-3,8H2,1H3,(H,17,19). The van der Waals surface area contributed by atoms with E-state index in [4.69, 9.17) is 0 Å². The highest BCUT2D eigenvalue weighted by Crippen LogP contribution is 2.25. The number of halogens is 1. The number of carbonyl (C=O) groups is 1. The third-order valence-corrected chi connectivity index (χ3v) is 4.09. The van der Waals surface area contributed by atoms with Gasteiger partial charge in [0.05, 0.1) is 5.56 Å². The molecule has 1 aliphatic rings. The van der Waals surface area contributed by atoms with Crippen molar-refractivity contribution in [1.29, 1.82) is 0 Å². The van der Waals surface area contributed by atoms with Crippen LogP contribution in [0.1, 0.15) is 28.2 Å². The zero-order valence-electron chi connectivity index (χ0n) is 10.7. The lowest BCUT2D eigenvalue weighted by Crippen LogP contribution is -2.13. The summed E-state index contributed by atoms with van der Waals surface area (Å²) in [7, 11) is 0. The highest BCUT2D eigenvalue weighted by atomic mass is 79.9. The van der Waals surface area contributed by atoms with Gasteiger partial charge in [0.1, 0.15) is 0 Å². The Morgan fingerprint density at radius 2 is 2.05 bits per heavy atom. The molecule has 2 heterocycles. The van der Waals surface area contributed by atoms with Gasteiger partial charge in [0, 0.05) is 28.1 Å². The average Bonchev–Trinajstić information content (AvgIpc) is 2.97. The highest BCUT2D eigenvalue weighted by Gasteiger charge is 2.21. The molecule has 19 heavy (non-hydrogen) atoms. The highest BCUT2D eigenvalue weighted by molar-refractivity contribution is 9.10. The van der Waals surface area contributed by atoms with Crippen LogP contribution in [0, 0.1) is 6.92 Å². The van der Waals surface area contributed by atoms with Gasteiger partial charge in [0.25, 0.3) is 5.91 Å².